The number of morpholine rings is 1. The summed E-state index contributed by atoms with van der Waals surface area (Å²) in [6.45, 7) is 4.23. The number of amides is 1. The van der Waals surface area contributed by atoms with Gasteiger partial charge in [0.25, 0.3) is 0 Å². The standard InChI is InChI=1S/C17H22N4O2/c1-12-6-14-9-19-21(17(14)18-8-12)10-16(22)20-4-5-23-11-15(20)7-13-2-3-13/h6,8-9,13,15H,2-5,7,10-11H2,1H3/t15-/m0/s1. The molecule has 1 aliphatic heterocycles. The van der Waals surface area contributed by atoms with Gasteiger partial charge in [0.2, 0.25) is 5.91 Å². The monoisotopic (exact) mass is 314 g/mol. The van der Waals surface area contributed by atoms with Crippen LogP contribution in [0.5, 0.6) is 0 Å². The Labute approximate surface area is 135 Å². The van der Waals surface area contributed by atoms with Gasteiger partial charge in [0, 0.05) is 18.1 Å². The molecule has 1 amide bonds. The molecule has 0 spiro atoms. The molecule has 6 heteroatoms. The summed E-state index contributed by atoms with van der Waals surface area (Å²) in [7, 11) is 0. The molecule has 0 aromatic carbocycles. The molecule has 0 radical (unpaired) electrons. The van der Waals surface area contributed by atoms with Crippen molar-refractivity contribution in [1.82, 2.24) is 19.7 Å². The van der Waals surface area contributed by atoms with Gasteiger partial charge in [-0.1, -0.05) is 12.8 Å². The Morgan fingerprint density at radius 3 is 3.09 bits per heavy atom. The van der Waals surface area contributed by atoms with Gasteiger partial charge in [0.1, 0.15) is 6.54 Å². The van der Waals surface area contributed by atoms with E-state index < -0.39 is 0 Å². The summed E-state index contributed by atoms with van der Waals surface area (Å²) >= 11 is 0. The van der Waals surface area contributed by atoms with Gasteiger partial charge in [-0.25, -0.2) is 9.67 Å². The van der Waals surface area contributed by atoms with E-state index in [-0.39, 0.29) is 18.5 Å². The van der Waals surface area contributed by atoms with Gasteiger partial charge >= 0.3 is 0 Å². The number of aromatic nitrogens is 3. The third-order valence-corrected chi connectivity index (χ3v) is 4.75. The summed E-state index contributed by atoms with van der Waals surface area (Å²) < 4.78 is 7.29. The van der Waals surface area contributed by atoms with Gasteiger partial charge in [-0.2, -0.15) is 5.10 Å². The van der Waals surface area contributed by atoms with Gasteiger partial charge in [0.15, 0.2) is 5.65 Å². The lowest BCUT2D eigenvalue weighted by Crippen LogP contribution is -2.50. The second-order valence-corrected chi connectivity index (χ2v) is 6.72. The highest BCUT2D eigenvalue weighted by atomic mass is 16.5. The fourth-order valence-electron chi connectivity index (χ4n) is 3.33. The van der Waals surface area contributed by atoms with E-state index in [1.807, 2.05) is 24.1 Å². The Balaban J connectivity index is 1.50. The summed E-state index contributed by atoms with van der Waals surface area (Å²) in [5.74, 6) is 0.901. The van der Waals surface area contributed by atoms with E-state index in [9.17, 15) is 4.79 Å². The maximum absolute atomic E-state index is 12.8. The summed E-state index contributed by atoms with van der Waals surface area (Å²) in [5, 5.41) is 5.33. The number of carbonyl (C=O) groups is 1. The minimum Gasteiger partial charge on any atom is -0.377 e. The largest absolute Gasteiger partial charge is 0.377 e. The van der Waals surface area contributed by atoms with E-state index in [4.69, 9.17) is 4.74 Å². The fourth-order valence-corrected chi connectivity index (χ4v) is 3.33. The van der Waals surface area contributed by atoms with Crippen molar-refractivity contribution in [1.29, 1.82) is 0 Å². The van der Waals surface area contributed by atoms with Gasteiger partial charge in [-0.3, -0.25) is 4.79 Å². The number of carbonyl (C=O) groups excluding carboxylic acids is 1. The molecule has 3 heterocycles. The Hall–Kier alpha value is -1.95. The minimum absolute atomic E-state index is 0.117. The quantitative estimate of drug-likeness (QED) is 0.863. The molecule has 2 aromatic rings. The number of ether oxygens (including phenoxy) is 1. The van der Waals surface area contributed by atoms with Crippen LogP contribution < -0.4 is 0 Å². The van der Waals surface area contributed by atoms with Crippen molar-refractivity contribution in [3.8, 4) is 0 Å². The summed E-state index contributed by atoms with van der Waals surface area (Å²) in [6, 6.07) is 2.27. The highest BCUT2D eigenvalue weighted by Crippen LogP contribution is 2.35. The molecule has 2 aliphatic rings. The predicted molar refractivity (Wildman–Crippen MR) is 85.9 cm³/mol. The van der Waals surface area contributed by atoms with Crippen molar-refractivity contribution in [2.45, 2.75) is 38.8 Å². The third-order valence-electron chi connectivity index (χ3n) is 4.75. The molecule has 0 unspecified atom stereocenters. The van der Waals surface area contributed by atoms with E-state index in [0.29, 0.717) is 19.8 Å². The summed E-state index contributed by atoms with van der Waals surface area (Å²) in [5.41, 5.74) is 1.87. The Bertz CT molecular complexity index is 722. The predicted octanol–water partition coefficient (Wildman–Crippen LogP) is 1.77. The molecule has 1 atom stereocenters. The van der Waals surface area contributed by atoms with Gasteiger partial charge < -0.3 is 9.64 Å². The molecule has 23 heavy (non-hydrogen) atoms. The molecule has 0 N–H and O–H groups in total. The van der Waals surface area contributed by atoms with Crippen LogP contribution in [-0.2, 0) is 16.1 Å². The molecular weight excluding hydrogens is 292 g/mol. The molecular formula is C17H22N4O2. The summed E-state index contributed by atoms with van der Waals surface area (Å²) in [6.07, 6.45) is 7.26. The average molecular weight is 314 g/mol. The first-order valence-electron chi connectivity index (χ1n) is 8.36. The van der Waals surface area contributed by atoms with Crippen LogP contribution in [0.25, 0.3) is 11.0 Å². The smallest absolute Gasteiger partial charge is 0.244 e. The lowest BCUT2D eigenvalue weighted by Gasteiger charge is -2.35. The van der Waals surface area contributed by atoms with Crippen molar-refractivity contribution in [2.24, 2.45) is 5.92 Å². The maximum atomic E-state index is 12.8. The van der Waals surface area contributed by atoms with Crippen LogP contribution in [0.2, 0.25) is 0 Å². The van der Waals surface area contributed by atoms with Crippen LogP contribution in [0.3, 0.4) is 0 Å². The molecule has 1 saturated carbocycles. The van der Waals surface area contributed by atoms with Gasteiger partial charge in [0.05, 0.1) is 25.5 Å². The van der Waals surface area contributed by atoms with Crippen LogP contribution in [-0.4, -0.2) is 51.4 Å². The van der Waals surface area contributed by atoms with Crippen LogP contribution in [0, 0.1) is 12.8 Å². The number of hydrogen-bond acceptors (Lipinski definition) is 4. The second-order valence-electron chi connectivity index (χ2n) is 6.72. The van der Waals surface area contributed by atoms with Crippen molar-refractivity contribution < 1.29 is 9.53 Å². The molecule has 0 bridgehead atoms. The van der Waals surface area contributed by atoms with E-state index in [2.05, 4.69) is 10.1 Å². The molecule has 1 aliphatic carbocycles. The zero-order chi connectivity index (χ0) is 15.8. The van der Waals surface area contributed by atoms with E-state index in [0.717, 1.165) is 28.9 Å². The molecule has 122 valence electrons. The first-order chi connectivity index (χ1) is 11.2. The summed E-state index contributed by atoms with van der Waals surface area (Å²) in [4.78, 5) is 19.2. The van der Waals surface area contributed by atoms with Crippen LogP contribution >= 0.6 is 0 Å². The molecule has 2 fully saturated rings. The Morgan fingerprint density at radius 2 is 2.26 bits per heavy atom. The highest BCUT2D eigenvalue weighted by Gasteiger charge is 2.33. The van der Waals surface area contributed by atoms with Crippen LogP contribution in [0.15, 0.2) is 18.5 Å². The SMILES string of the molecule is Cc1cnc2c(cnn2CC(=O)N2CCOC[C@@H]2CC2CC2)c1. The fraction of sp³-hybridized carbons (Fsp3) is 0.588. The van der Waals surface area contributed by atoms with Crippen LogP contribution in [0.4, 0.5) is 0 Å². The van der Waals surface area contributed by atoms with E-state index in [1.165, 1.54) is 12.8 Å². The molecule has 6 nitrogen and oxygen atoms in total. The number of aryl methyl sites for hydroxylation is 1. The molecule has 2 aromatic heterocycles. The number of rotatable bonds is 4. The number of nitrogens with zero attached hydrogens (tertiary/aromatic N) is 4. The maximum Gasteiger partial charge on any atom is 0.244 e. The molecule has 1 saturated heterocycles. The van der Waals surface area contributed by atoms with E-state index >= 15 is 0 Å². The second kappa shape index (κ2) is 5.92. The minimum atomic E-state index is 0.117. The Morgan fingerprint density at radius 1 is 1.39 bits per heavy atom. The van der Waals surface area contributed by atoms with Crippen molar-refractivity contribution in [2.75, 3.05) is 19.8 Å². The van der Waals surface area contributed by atoms with Crippen molar-refractivity contribution in [3.05, 3.63) is 24.0 Å². The average Bonchev–Trinajstić information content (AvgIpc) is 3.28. The van der Waals surface area contributed by atoms with Gasteiger partial charge in [-0.05, 0) is 30.9 Å². The third kappa shape index (κ3) is 3.08. The molecule has 4 rings (SSSR count). The van der Waals surface area contributed by atoms with Crippen molar-refractivity contribution in [3.63, 3.8) is 0 Å². The highest BCUT2D eigenvalue weighted by molar-refractivity contribution is 5.80. The topological polar surface area (TPSA) is 60.2 Å². The zero-order valence-electron chi connectivity index (χ0n) is 13.4. The normalized spacial score (nSPS) is 21.8. The number of fused-ring (bicyclic) bond motifs is 1. The van der Waals surface area contributed by atoms with Crippen LogP contribution in [0.1, 0.15) is 24.8 Å². The van der Waals surface area contributed by atoms with Crippen molar-refractivity contribution >= 4 is 16.9 Å². The number of pyridine rings is 1. The lowest BCUT2D eigenvalue weighted by atomic mass is 10.1. The number of hydrogen-bond donors (Lipinski definition) is 0. The zero-order valence-corrected chi connectivity index (χ0v) is 13.4. The lowest BCUT2D eigenvalue weighted by molar-refractivity contribution is -0.141. The van der Waals surface area contributed by atoms with Gasteiger partial charge in [-0.15, -0.1) is 0 Å². The first-order valence-corrected chi connectivity index (χ1v) is 8.36. The van der Waals surface area contributed by atoms with E-state index in [1.54, 1.807) is 10.9 Å². The Kier molecular flexibility index (Phi) is 3.77. The first kappa shape index (κ1) is 14.6.